The molecule has 0 aliphatic rings. The summed E-state index contributed by atoms with van der Waals surface area (Å²) < 4.78 is 1.99. The van der Waals surface area contributed by atoms with E-state index in [1.807, 2.05) is 24.6 Å². The molecule has 1 amide bonds. The molecule has 0 bridgehead atoms. The van der Waals surface area contributed by atoms with Gasteiger partial charge in [0.15, 0.2) is 5.16 Å². The molecule has 0 aliphatic heterocycles. The molecular formula is C18H25N3O2S. The number of amides is 1. The Morgan fingerprint density at radius 2 is 2.08 bits per heavy atom. The number of aliphatic hydroxyl groups is 1. The second kappa shape index (κ2) is 8.35. The minimum absolute atomic E-state index is 0.0384. The van der Waals surface area contributed by atoms with E-state index in [0.717, 1.165) is 10.8 Å². The maximum absolute atomic E-state index is 12.1. The zero-order valence-electron chi connectivity index (χ0n) is 14.6. The average molecular weight is 347 g/mol. The fourth-order valence-corrected chi connectivity index (χ4v) is 2.98. The third kappa shape index (κ3) is 4.61. The molecule has 0 saturated heterocycles. The second-order valence-corrected chi connectivity index (χ2v) is 7.10. The van der Waals surface area contributed by atoms with E-state index in [-0.39, 0.29) is 24.5 Å². The van der Waals surface area contributed by atoms with Gasteiger partial charge in [-0.1, -0.05) is 24.8 Å². The molecule has 2 aromatic rings. The summed E-state index contributed by atoms with van der Waals surface area (Å²) in [5.74, 6) is 0.281. The van der Waals surface area contributed by atoms with Crippen LogP contribution in [0.5, 0.6) is 0 Å². The second-order valence-electron chi connectivity index (χ2n) is 6.15. The third-order valence-electron chi connectivity index (χ3n) is 4.24. The van der Waals surface area contributed by atoms with E-state index >= 15 is 0 Å². The quantitative estimate of drug-likeness (QED) is 0.756. The van der Waals surface area contributed by atoms with Gasteiger partial charge in [0.25, 0.3) is 0 Å². The highest BCUT2D eigenvalue weighted by molar-refractivity contribution is 7.99. The number of carbonyl (C=O) groups excluding carboxylic acids is 1. The monoisotopic (exact) mass is 347 g/mol. The molecule has 0 fully saturated rings. The maximum Gasteiger partial charge on any atom is 0.230 e. The molecule has 5 nitrogen and oxygen atoms in total. The zero-order chi connectivity index (χ0) is 17.7. The molecule has 6 heteroatoms. The van der Waals surface area contributed by atoms with E-state index in [4.69, 9.17) is 5.11 Å². The van der Waals surface area contributed by atoms with Gasteiger partial charge in [-0.3, -0.25) is 9.36 Å². The summed E-state index contributed by atoms with van der Waals surface area (Å²) in [6.07, 6.45) is 3.65. The number of carbonyl (C=O) groups is 1. The minimum Gasteiger partial charge on any atom is -0.396 e. The summed E-state index contributed by atoms with van der Waals surface area (Å²) in [6.45, 7) is 8.04. The lowest BCUT2D eigenvalue weighted by Gasteiger charge is -2.19. The van der Waals surface area contributed by atoms with Gasteiger partial charge >= 0.3 is 0 Å². The van der Waals surface area contributed by atoms with Gasteiger partial charge in [0, 0.05) is 30.7 Å². The van der Waals surface area contributed by atoms with Crippen LogP contribution in [0.3, 0.4) is 0 Å². The predicted octanol–water partition coefficient (Wildman–Crippen LogP) is 2.71. The Morgan fingerprint density at radius 3 is 2.75 bits per heavy atom. The van der Waals surface area contributed by atoms with E-state index in [1.165, 1.54) is 22.9 Å². The summed E-state index contributed by atoms with van der Waals surface area (Å²) in [6, 6.07) is 6.21. The SMILES string of the molecule is Cc1ccc(-n2ccnc2SCC(=O)NC(C)C(C)CO)cc1C. The molecule has 2 rings (SSSR count). The molecule has 2 unspecified atom stereocenters. The number of aryl methyl sites for hydroxylation is 2. The number of hydrogen-bond acceptors (Lipinski definition) is 4. The van der Waals surface area contributed by atoms with E-state index < -0.39 is 0 Å². The van der Waals surface area contributed by atoms with Crippen molar-refractivity contribution in [3.63, 3.8) is 0 Å². The molecule has 130 valence electrons. The molecule has 2 N–H and O–H groups in total. The molecule has 1 heterocycles. The Balaban J connectivity index is 2.01. The van der Waals surface area contributed by atoms with Crippen LogP contribution < -0.4 is 5.32 Å². The van der Waals surface area contributed by atoms with Crippen molar-refractivity contribution in [3.8, 4) is 5.69 Å². The largest absolute Gasteiger partial charge is 0.396 e. The van der Waals surface area contributed by atoms with Crippen LogP contribution in [0.2, 0.25) is 0 Å². The number of benzene rings is 1. The zero-order valence-corrected chi connectivity index (χ0v) is 15.4. The molecule has 24 heavy (non-hydrogen) atoms. The highest BCUT2D eigenvalue weighted by atomic mass is 32.2. The lowest BCUT2D eigenvalue weighted by molar-refractivity contribution is -0.119. The number of nitrogens with zero attached hydrogens (tertiary/aromatic N) is 2. The average Bonchev–Trinajstić information content (AvgIpc) is 3.03. The van der Waals surface area contributed by atoms with Crippen molar-refractivity contribution in [1.29, 1.82) is 0 Å². The van der Waals surface area contributed by atoms with Crippen molar-refractivity contribution in [2.45, 2.75) is 38.9 Å². The predicted molar refractivity (Wildman–Crippen MR) is 97.6 cm³/mol. The minimum atomic E-state index is -0.0533. The lowest BCUT2D eigenvalue weighted by Crippen LogP contribution is -2.39. The van der Waals surface area contributed by atoms with Gasteiger partial charge in [0.05, 0.1) is 5.75 Å². The Hall–Kier alpha value is -1.79. The summed E-state index contributed by atoms with van der Waals surface area (Å²) >= 11 is 1.41. The number of nitrogens with one attached hydrogen (secondary N) is 1. The molecule has 2 atom stereocenters. The van der Waals surface area contributed by atoms with Crippen molar-refractivity contribution in [3.05, 3.63) is 41.7 Å². The van der Waals surface area contributed by atoms with E-state index in [0.29, 0.717) is 5.75 Å². The van der Waals surface area contributed by atoms with E-state index in [2.05, 4.69) is 42.3 Å². The van der Waals surface area contributed by atoms with Gasteiger partial charge in [-0.15, -0.1) is 0 Å². The van der Waals surface area contributed by atoms with Gasteiger partial charge in [-0.05, 0) is 49.9 Å². The highest BCUT2D eigenvalue weighted by Gasteiger charge is 2.15. The van der Waals surface area contributed by atoms with Gasteiger partial charge in [-0.25, -0.2) is 4.98 Å². The van der Waals surface area contributed by atoms with Crippen molar-refractivity contribution >= 4 is 17.7 Å². The number of rotatable bonds is 7. The first-order valence-corrected chi connectivity index (χ1v) is 9.05. The van der Waals surface area contributed by atoms with Crippen molar-refractivity contribution in [1.82, 2.24) is 14.9 Å². The van der Waals surface area contributed by atoms with Crippen LogP contribution >= 0.6 is 11.8 Å². The Morgan fingerprint density at radius 1 is 1.33 bits per heavy atom. The summed E-state index contributed by atoms with van der Waals surface area (Å²) in [7, 11) is 0. The van der Waals surface area contributed by atoms with Crippen LogP contribution in [0.25, 0.3) is 5.69 Å². The molecule has 1 aromatic heterocycles. The lowest BCUT2D eigenvalue weighted by atomic mass is 10.1. The number of aromatic nitrogens is 2. The van der Waals surface area contributed by atoms with Crippen LogP contribution in [-0.2, 0) is 4.79 Å². The fourth-order valence-electron chi connectivity index (χ4n) is 2.19. The number of hydrogen-bond donors (Lipinski definition) is 2. The summed E-state index contributed by atoms with van der Waals surface area (Å²) in [5, 5.41) is 12.8. The molecule has 0 spiro atoms. The van der Waals surface area contributed by atoms with Gasteiger partial charge in [-0.2, -0.15) is 0 Å². The highest BCUT2D eigenvalue weighted by Crippen LogP contribution is 2.22. The fraction of sp³-hybridized carbons (Fsp3) is 0.444. The summed E-state index contributed by atoms with van der Waals surface area (Å²) in [4.78, 5) is 16.4. The normalized spacial score (nSPS) is 13.5. The van der Waals surface area contributed by atoms with Crippen molar-refractivity contribution in [2.24, 2.45) is 5.92 Å². The molecule has 0 aliphatic carbocycles. The van der Waals surface area contributed by atoms with E-state index in [9.17, 15) is 4.79 Å². The van der Waals surface area contributed by atoms with Crippen LogP contribution in [0.15, 0.2) is 35.7 Å². The van der Waals surface area contributed by atoms with Crippen molar-refractivity contribution < 1.29 is 9.90 Å². The molecule has 1 aromatic carbocycles. The maximum atomic E-state index is 12.1. The first-order chi connectivity index (χ1) is 11.4. The number of imidazole rings is 1. The third-order valence-corrected chi connectivity index (χ3v) is 5.20. The molecular weight excluding hydrogens is 322 g/mol. The Bertz CT molecular complexity index is 699. The van der Waals surface area contributed by atoms with Crippen LogP contribution in [0.4, 0.5) is 0 Å². The number of thioether (sulfide) groups is 1. The van der Waals surface area contributed by atoms with Gasteiger partial charge in [0.1, 0.15) is 0 Å². The number of aliphatic hydroxyl groups excluding tert-OH is 1. The van der Waals surface area contributed by atoms with Crippen LogP contribution in [0.1, 0.15) is 25.0 Å². The van der Waals surface area contributed by atoms with Gasteiger partial charge < -0.3 is 10.4 Å². The van der Waals surface area contributed by atoms with Crippen LogP contribution in [-0.4, -0.2) is 39.0 Å². The standard InChI is InChI=1S/C18H25N3O2S/c1-12-5-6-16(9-13(12)2)21-8-7-19-18(21)24-11-17(23)20-15(4)14(3)10-22/h5-9,14-15,22H,10-11H2,1-4H3,(H,20,23). The first kappa shape index (κ1) is 18.5. The first-order valence-electron chi connectivity index (χ1n) is 8.06. The van der Waals surface area contributed by atoms with Crippen LogP contribution in [0, 0.1) is 19.8 Å². The van der Waals surface area contributed by atoms with Gasteiger partial charge in [0.2, 0.25) is 5.91 Å². The smallest absolute Gasteiger partial charge is 0.230 e. The Labute approximate surface area is 147 Å². The van der Waals surface area contributed by atoms with E-state index in [1.54, 1.807) is 6.20 Å². The molecule has 0 saturated carbocycles. The topological polar surface area (TPSA) is 67.2 Å². The van der Waals surface area contributed by atoms with Crippen molar-refractivity contribution in [2.75, 3.05) is 12.4 Å². The molecule has 0 radical (unpaired) electrons. The Kier molecular flexibility index (Phi) is 6.45. The summed E-state index contributed by atoms with van der Waals surface area (Å²) in [5.41, 5.74) is 3.52.